The minimum atomic E-state index is -4.47. The number of nitrogens with zero attached hydrogens (tertiary/aromatic N) is 2. The number of halogens is 3. The number of carbonyl (C=O) groups is 2. The van der Waals surface area contributed by atoms with E-state index < -0.39 is 23.6 Å². The predicted octanol–water partition coefficient (Wildman–Crippen LogP) is 4.60. The molecule has 0 bridgehead atoms. The van der Waals surface area contributed by atoms with Gasteiger partial charge in [-0.1, -0.05) is 13.8 Å². The molecule has 2 rings (SSSR count). The van der Waals surface area contributed by atoms with Gasteiger partial charge in [0.05, 0.1) is 5.56 Å². The van der Waals surface area contributed by atoms with Crippen LogP contribution in [0.1, 0.15) is 41.1 Å². The summed E-state index contributed by atoms with van der Waals surface area (Å²) in [6, 6.07) is 4.00. The monoisotopic (exact) mass is 413 g/mol. The molecular weight excluding hydrogens is 391 g/mol. The molecule has 0 atom stereocenters. The van der Waals surface area contributed by atoms with E-state index in [0.717, 1.165) is 29.1 Å². The summed E-state index contributed by atoms with van der Waals surface area (Å²) in [6.07, 6.45) is -2.18. The highest BCUT2D eigenvalue weighted by Crippen LogP contribution is 2.29. The van der Waals surface area contributed by atoms with E-state index in [9.17, 15) is 22.8 Å². The second kappa shape index (κ2) is 9.18. The first-order chi connectivity index (χ1) is 13.1. The zero-order chi connectivity index (χ0) is 20.9. The average Bonchev–Trinajstić information content (AvgIpc) is 3.01. The van der Waals surface area contributed by atoms with E-state index in [-0.39, 0.29) is 12.1 Å². The van der Waals surface area contributed by atoms with Crippen molar-refractivity contribution in [3.05, 3.63) is 46.5 Å². The molecular formula is C19H22F3N3O2S. The third-order valence-electron chi connectivity index (χ3n) is 3.92. The van der Waals surface area contributed by atoms with Crippen LogP contribution in [0.2, 0.25) is 0 Å². The summed E-state index contributed by atoms with van der Waals surface area (Å²) in [5.74, 6) is -0.592. The van der Waals surface area contributed by atoms with E-state index in [1.807, 2.05) is 20.8 Å². The molecule has 0 fully saturated rings. The molecule has 28 heavy (non-hydrogen) atoms. The maximum Gasteiger partial charge on any atom is 0.416 e. The molecule has 0 radical (unpaired) electrons. The van der Waals surface area contributed by atoms with Crippen LogP contribution in [0.5, 0.6) is 0 Å². The van der Waals surface area contributed by atoms with Gasteiger partial charge in [-0.05, 0) is 43.5 Å². The second-order valence-corrected chi connectivity index (χ2v) is 8.04. The van der Waals surface area contributed by atoms with Gasteiger partial charge < -0.3 is 10.2 Å². The molecule has 0 spiro atoms. The number of aromatic nitrogens is 1. The molecule has 5 nitrogen and oxygen atoms in total. The maximum atomic E-state index is 12.8. The number of aryl methyl sites for hydroxylation is 1. The second-order valence-electron chi connectivity index (χ2n) is 6.81. The summed E-state index contributed by atoms with van der Waals surface area (Å²) < 4.78 is 38.1. The van der Waals surface area contributed by atoms with Crippen LogP contribution in [0.15, 0.2) is 30.5 Å². The zero-order valence-corrected chi connectivity index (χ0v) is 16.7. The van der Waals surface area contributed by atoms with Gasteiger partial charge in [0.25, 0.3) is 5.91 Å². The van der Waals surface area contributed by atoms with Crippen molar-refractivity contribution in [2.24, 2.45) is 5.92 Å². The first-order valence-electron chi connectivity index (χ1n) is 8.75. The normalized spacial score (nSPS) is 11.5. The van der Waals surface area contributed by atoms with E-state index in [4.69, 9.17) is 0 Å². The molecule has 1 heterocycles. The number of benzene rings is 1. The fourth-order valence-electron chi connectivity index (χ4n) is 2.40. The molecule has 1 aromatic heterocycles. The van der Waals surface area contributed by atoms with Crippen LogP contribution < -0.4 is 5.32 Å². The Morgan fingerprint density at radius 1 is 1.21 bits per heavy atom. The van der Waals surface area contributed by atoms with Crippen molar-refractivity contribution >= 4 is 28.3 Å². The molecule has 9 heteroatoms. The van der Waals surface area contributed by atoms with Gasteiger partial charge in [-0.15, -0.1) is 11.3 Å². The Kier molecular flexibility index (Phi) is 7.17. The smallest absolute Gasteiger partial charge is 0.329 e. The Bertz CT molecular complexity index is 817. The molecule has 1 N–H and O–H groups in total. The molecule has 152 valence electrons. The van der Waals surface area contributed by atoms with Crippen LogP contribution >= 0.6 is 11.3 Å². The number of hydrogen-bond acceptors (Lipinski definition) is 4. The van der Waals surface area contributed by atoms with Gasteiger partial charge in [-0.25, -0.2) is 4.98 Å². The van der Waals surface area contributed by atoms with Crippen molar-refractivity contribution < 1.29 is 22.8 Å². The summed E-state index contributed by atoms with van der Waals surface area (Å²) in [6.45, 7) is 5.95. The summed E-state index contributed by atoms with van der Waals surface area (Å²) in [5.41, 5.74) is -0.718. The van der Waals surface area contributed by atoms with Crippen molar-refractivity contribution in [1.29, 1.82) is 0 Å². The SMILES string of the molecule is Cc1cnc(NC(=O)CN(CCC(C)C)C(=O)c2ccc(C(F)(F)F)cc2)s1. The third kappa shape index (κ3) is 6.33. The van der Waals surface area contributed by atoms with Crippen LogP contribution in [-0.2, 0) is 11.0 Å². The van der Waals surface area contributed by atoms with Crippen molar-refractivity contribution in [2.75, 3.05) is 18.4 Å². The Morgan fingerprint density at radius 2 is 1.86 bits per heavy atom. The Balaban J connectivity index is 2.12. The first-order valence-corrected chi connectivity index (χ1v) is 9.56. The van der Waals surface area contributed by atoms with E-state index in [1.165, 1.54) is 16.2 Å². The molecule has 0 saturated carbocycles. The third-order valence-corrected chi connectivity index (χ3v) is 4.75. The zero-order valence-electron chi connectivity index (χ0n) is 15.8. The molecule has 0 aliphatic rings. The van der Waals surface area contributed by atoms with Crippen molar-refractivity contribution in [3.8, 4) is 0 Å². The molecule has 0 saturated heterocycles. The predicted molar refractivity (Wildman–Crippen MR) is 102 cm³/mol. The minimum absolute atomic E-state index is 0.106. The fourth-order valence-corrected chi connectivity index (χ4v) is 3.08. The Labute approximate surface area is 165 Å². The number of alkyl halides is 3. The minimum Gasteiger partial charge on any atom is -0.329 e. The number of hydrogen-bond donors (Lipinski definition) is 1. The highest BCUT2D eigenvalue weighted by atomic mass is 32.1. The summed E-state index contributed by atoms with van der Waals surface area (Å²) in [5, 5.41) is 3.08. The first kappa shape index (κ1) is 21.9. The number of amides is 2. The van der Waals surface area contributed by atoms with Crippen LogP contribution in [0.4, 0.5) is 18.3 Å². The van der Waals surface area contributed by atoms with Crippen molar-refractivity contribution in [3.63, 3.8) is 0 Å². The Morgan fingerprint density at radius 3 is 2.36 bits per heavy atom. The molecule has 0 aliphatic heterocycles. The van der Waals surface area contributed by atoms with E-state index in [2.05, 4.69) is 10.3 Å². The van der Waals surface area contributed by atoms with Gasteiger partial charge in [-0.2, -0.15) is 13.2 Å². The largest absolute Gasteiger partial charge is 0.416 e. The van der Waals surface area contributed by atoms with Crippen LogP contribution in [0.25, 0.3) is 0 Å². The van der Waals surface area contributed by atoms with Gasteiger partial charge >= 0.3 is 6.18 Å². The summed E-state index contributed by atoms with van der Waals surface area (Å²) >= 11 is 1.32. The average molecular weight is 413 g/mol. The molecule has 0 aliphatic carbocycles. The van der Waals surface area contributed by atoms with Gasteiger partial charge in [0.1, 0.15) is 6.54 Å². The molecule has 1 aromatic carbocycles. The van der Waals surface area contributed by atoms with Crippen LogP contribution in [0, 0.1) is 12.8 Å². The van der Waals surface area contributed by atoms with E-state index in [0.29, 0.717) is 24.0 Å². The summed E-state index contributed by atoms with van der Waals surface area (Å²) in [4.78, 5) is 31.4. The fraction of sp³-hybridized carbons (Fsp3) is 0.421. The van der Waals surface area contributed by atoms with Gasteiger partial charge in [0.15, 0.2) is 5.13 Å². The number of thiazole rings is 1. The lowest BCUT2D eigenvalue weighted by atomic mass is 10.1. The standard InChI is InChI=1S/C19H22F3N3O2S/c1-12(2)8-9-25(11-16(26)24-18-23-10-13(3)28-18)17(27)14-4-6-15(7-5-14)19(20,21)22/h4-7,10,12H,8-9,11H2,1-3H3,(H,23,24,26). The highest BCUT2D eigenvalue weighted by Gasteiger charge is 2.30. The van der Waals surface area contributed by atoms with Crippen LogP contribution in [0.3, 0.4) is 0 Å². The molecule has 2 amide bonds. The molecule has 0 unspecified atom stereocenters. The van der Waals surface area contributed by atoms with Gasteiger partial charge in [-0.3, -0.25) is 9.59 Å². The quantitative estimate of drug-likeness (QED) is 0.722. The topological polar surface area (TPSA) is 62.3 Å². The van der Waals surface area contributed by atoms with Crippen LogP contribution in [-0.4, -0.2) is 34.8 Å². The van der Waals surface area contributed by atoms with Crippen molar-refractivity contribution in [2.45, 2.75) is 33.4 Å². The van der Waals surface area contributed by atoms with Gasteiger partial charge in [0.2, 0.25) is 5.91 Å². The lowest BCUT2D eigenvalue weighted by molar-refractivity contribution is -0.137. The van der Waals surface area contributed by atoms with E-state index in [1.54, 1.807) is 6.20 Å². The van der Waals surface area contributed by atoms with Gasteiger partial charge in [0, 0.05) is 23.2 Å². The van der Waals surface area contributed by atoms with E-state index >= 15 is 0 Å². The number of anilines is 1. The van der Waals surface area contributed by atoms with Crippen molar-refractivity contribution in [1.82, 2.24) is 9.88 Å². The lowest BCUT2D eigenvalue weighted by Crippen LogP contribution is -2.39. The lowest BCUT2D eigenvalue weighted by Gasteiger charge is -2.23. The number of nitrogens with one attached hydrogen (secondary N) is 1. The highest BCUT2D eigenvalue weighted by molar-refractivity contribution is 7.15. The molecule has 2 aromatic rings. The Hall–Kier alpha value is -2.42. The maximum absolute atomic E-state index is 12.8. The summed E-state index contributed by atoms with van der Waals surface area (Å²) in [7, 11) is 0. The number of carbonyl (C=O) groups excluding carboxylic acids is 2. The number of rotatable bonds is 7.